The molecule has 7 heteroatoms. The predicted octanol–water partition coefficient (Wildman–Crippen LogP) is 3.63. The Morgan fingerprint density at radius 1 is 1.36 bits per heavy atom. The van der Waals surface area contributed by atoms with Crippen molar-refractivity contribution in [2.45, 2.75) is 45.2 Å². The van der Waals surface area contributed by atoms with Gasteiger partial charge in [0.05, 0.1) is 17.8 Å². The van der Waals surface area contributed by atoms with Gasteiger partial charge in [0.15, 0.2) is 5.65 Å². The van der Waals surface area contributed by atoms with E-state index in [9.17, 15) is 4.79 Å². The zero-order valence-corrected chi connectivity index (χ0v) is 15.2. The average Bonchev–Trinajstić information content (AvgIpc) is 3.11. The van der Waals surface area contributed by atoms with Gasteiger partial charge in [0.1, 0.15) is 5.39 Å². The maximum absolute atomic E-state index is 12.4. The number of aromatic nitrogens is 4. The normalized spacial score (nSPS) is 17.0. The summed E-state index contributed by atoms with van der Waals surface area (Å²) >= 11 is 6.08. The van der Waals surface area contributed by atoms with Crippen LogP contribution in [0.2, 0.25) is 5.02 Å². The fourth-order valence-electron chi connectivity index (χ4n) is 3.38. The standard InChI is InChI=1S/C18H20ClN5O/c1-18(2,3)24-15-13(9-20-24)16(25)23-17(22-15)21-14-7-4-10-8-11(19)5-6-12(10)14/h5-6,8-9,14H,4,7H2,1-3H3,(H2,21,22,23,25). The molecule has 2 N–H and O–H groups in total. The van der Waals surface area contributed by atoms with Crippen molar-refractivity contribution in [1.29, 1.82) is 0 Å². The number of halogens is 1. The van der Waals surface area contributed by atoms with Crippen LogP contribution >= 0.6 is 11.6 Å². The molecule has 0 radical (unpaired) electrons. The summed E-state index contributed by atoms with van der Waals surface area (Å²) in [6.07, 6.45) is 3.47. The number of rotatable bonds is 2. The van der Waals surface area contributed by atoms with Crippen LogP contribution in [0.4, 0.5) is 5.95 Å². The third kappa shape index (κ3) is 2.80. The molecule has 0 saturated carbocycles. The van der Waals surface area contributed by atoms with Crippen molar-refractivity contribution in [3.05, 3.63) is 50.9 Å². The Bertz CT molecular complexity index is 1010. The van der Waals surface area contributed by atoms with Crippen molar-refractivity contribution in [2.24, 2.45) is 0 Å². The second-order valence-corrected chi connectivity index (χ2v) is 7.89. The number of nitrogens with one attached hydrogen (secondary N) is 2. The molecule has 1 aliphatic rings. The van der Waals surface area contributed by atoms with E-state index in [0.717, 1.165) is 17.9 Å². The first-order valence-electron chi connectivity index (χ1n) is 8.36. The molecule has 0 saturated heterocycles. The Kier molecular flexibility index (Phi) is 3.61. The molecule has 0 aliphatic heterocycles. The number of nitrogens with zero attached hydrogens (tertiary/aromatic N) is 3. The Morgan fingerprint density at radius 3 is 2.92 bits per heavy atom. The van der Waals surface area contributed by atoms with E-state index in [1.54, 1.807) is 10.9 Å². The van der Waals surface area contributed by atoms with Gasteiger partial charge in [-0.15, -0.1) is 0 Å². The molecule has 4 rings (SSSR count). The summed E-state index contributed by atoms with van der Waals surface area (Å²) in [4.78, 5) is 19.8. The van der Waals surface area contributed by atoms with Gasteiger partial charge in [-0.05, 0) is 56.9 Å². The van der Waals surface area contributed by atoms with Crippen LogP contribution in [-0.2, 0) is 12.0 Å². The highest BCUT2D eigenvalue weighted by molar-refractivity contribution is 6.30. The summed E-state index contributed by atoms with van der Waals surface area (Å²) in [7, 11) is 0. The molecule has 1 unspecified atom stereocenters. The van der Waals surface area contributed by atoms with Crippen molar-refractivity contribution in [3.8, 4) is 0 Å². The fourth-order valence-corrected chi connectivity index (χ4v) is 3.57. The van der Waals surface area contributed by atoms with E-state index in [4.69, 9.17) is 11.6 Å². The van der Waals surface area contributed by atoms with Crippen LogP contribution < -0.4 is 10.9 Å². The minimum absolute atomic E-state index is 0.110. The molecule has 0 spiro atoms. The number of hydrogen-bond donors (Lipinski definition) is 2. The largest absolute Gasteiger partial charge is 0.349 e. The number of hydrogen-bond acceptors (Lipinski definition) is 4. The molecule has 0 bridgehead atoms. The lowest BCUT2D eigenvalue weighted by Gasteiger charge is -2.20. The molecule has 1 aliphatic carbocycles. The first-order valence-corrected chi connectivity index (χ1v) is 8.74. The highest BCUT2D eigenvalue weighted by Crippen LogP contribution is 2.34. The van der Waals surface area contributed by atoms with Gasteiger partial charge in [-0.1, -0.05) is 17.7 Å². The summed E-state index contributed by atoms with van der Waals surface area (Å²) in [6, 6.07) is 6.05. The van der Waals surface area contributed by atoms with Gasteiger partial charge in [-0.25, -0.2) is 4.68 Å². The van der Waals surface area contributed by atoms with Gasteiger partial charge in [0.2, 0.25) is 5.95 Å². The molecule has 3 aromatic rings. The fraction of sp³-hybridized carbons (Fsp3) is 0.389. The highest BCUT2D eigenvalue weighted by Gasteiger charge is 2.24. The maximum atomic E-state index is 12.4. The zero-order chi connectivity index (χ0) is 17.8. The SMILES string of the molecule is CC(C)(C)n1ncc2c(=O)[nH]c(NC3CCc4cc(Cl)ccc43)nc21. The number of aryl methyl sites for hydroxylation is 1. The number of H-pyrrole nitrogens is 1. The molecular formula is C18H20ClN5O. The summed E-state index contributed by atoms with van der Waals surface area (Å²) in [5.74, 6) is 0.469. The number of anilines is 1. The summed E-state index contributed by atoms with van der Waals surface area (Å²) < 4.78 is 1.78. The van der Waals surface area contributed by atoms with Gasteiger partial charge in [-0.2, -0.15) is 10.1 Å². The minimum Gasteiger partial charge on any atom is -0.349 e. The van der Waals surface area contributed by atoms with Crippen LogP contribution in [0.3, 0.4) is 0 Å². The summed E-state index contributed by atoms with van der Waals surface area (Å²) in [6.45, 7) is 6.10. The third-order valence-corrected chi connectivity index (χ3v) is 4.80. The molecule has 1 atom stereocenters. The Balaban J connectivity index is 1.73. The van der Waals surface area contributed by atoms with Crippen LogP contribution in [0.15, 0.2) is 29.2 Å². The molecule has 25 heavy (non-hydrogen) atoms. The van der Waals surface area contributed by atoms with E-state index in [-0.39, 0.29) is 17.1 Å². The van der Waals surface area contributed by atoms with Crippen molar-refractivity contribution >= 4 is 28.6 Å². The van der Waals surface area contributed by atoms with Gasteiger partial charge in [0, 0.05) is 5.02 Å². The predicted molar refractivity (Wildman–Crippen MR) is 99.3 cm³/mol. The molecule has 2 aromatic heterocycles. The first kappa shape index (κ1) is 16.1. The van der Waals surface area contributed by atoms with Gasteiger partial charge in [0.25, 0.3) is 5.56 Å². The molecule has 2 heterocycles. The second-order valence-electron chi connectivity index (χ2n) is 7.46. The van der Waals surface area contributed by atoms with Crippen molar-refractivity contribution in [1.82, 2.24) is 19.7 Å². The lowest BCUT2D eigenvalue weighted by Crippen LogP contribution is -2.24. The van der Waals surface area contributed by atoms with E-state index in [1.807, 2.05) is 39.0 Å². The van der Waals surface area contributed by atoms with Crippen LogP contribution in [0.5, 0.6) is 0 Å². The Hall–Kier alpha value is -2.34. The van der Waals surface area contributed by atoms with Crippen LogP contribution in [0, 0.1) is 0 Å². The molecule has 0 amide bonds. The van der Waals surface area contributed by atoms with E-state index < -0.39 is 0 Å². The monoisotopic (exact) mass is 357 g/mol. The maximum Gasteiger partial charge on any atom is 0.263 e. The number of aromatic amines is 1. The molecule has 130 valence electrons. The number of fused-ring (bicyclic) bond motifs is 2. The van der Waals surface area contributed by atoms with Gasteiger partial charge in [-0.3, -0.25) is 9.78 Å². The van der Waals surface area contributed by atoms with E-state index in [0.29, 0.717) is 17.0 Å². The molecular weight excluding hydrogens is 338 g/mol. The first-order chi connectivity index (χ1) is 11.8. The van der Waals surface area contributed by atoms with Crippen molar-refractivity contribution in [2.75, 3.05) is 5.32 Å². The second kappa shape index (κ2) is 5.59. The topological polar surface area (TPSA) is 75.6 Å². The summed E-state index contributed by atoms with van der Waals surface area (Å²) in [5.41, 5.74) is 2.60. The average molecular weight is 358 g/mol. The van der Waals surface area contributed by atoms with E-state index in [1.165, 1.54) is 11.1 Å². The summed E-state index contributed by atoms with van der Waals surface area (Å²) in [5, 5.41) is 8.96. The Morgan fingerprint density at radius 2 is 2.16 bits per heavy atom. The lowest BCUT2D eigenvalue weighted by molar-refractivity contribution is 0.366. The smallest absolute Gasteiger partial charge is 0.263 e. The van der Waals surface area contributed by atoms with Gasteiger partial charge < -0.3 is 5.32 Å². The molecule has 1 aromatic carbocycles. The van der Waals surface area contributed by atoms with Gasteiger partial charge >= 0.3 is 0 Å². The van der Waals surface area contributed by atoms with E-state index >= 15 is 0 Å². The Labute approximate surface area is 150 Å². The van der Waals surface area contributed by atoms with Crippen molar-refractivity contribution in [3.63, 3.8) is 0 Å². The third-order valence-electron chi connectivity index (χ3n) is 4.57. The molecule has 0 fully saturated rings. The van der Waals surface area contributed by atoms with Crippen molar-refractivity contribution < 1.29 is 0 Å². The van der Waals surface area contributed by atoms with E-state index in [2.05, 4.69) is 20.4 Å². The lowest BCUT2D eigenvalue weighted by atomic mass is 10.1. The van der Waals surface area contributed by atoms with Crippen LogP contribution in [0.1, 0.15) is 44.4 Å². The highest BCUT2D eigenvalue weighted by atomic mass is 35.5. The van der Waals surface area contributed by atoms with Crippen LogP contribution in [0.25, 0.3) is 11.0 Å². The van der Waals surface area contributed by atoms with Crippen LogP contribution in [-0.4, -0.2) is 19.7 Å². The number of benzene rings is 1. The zero-order valence-electron chi connectivity index (χ0n) is 14.4. The minimum atomic E-state index is -0.253. The molecule has 6 nitrogen and oxygen atoms in total. The quantitative estimate of drug-likeness (QED) is 0.734.